The number of nitrogens with one attached hydrogen (secondary N) is 1. The molecule has 4 rings (SSSR count). The Balaban J connectivity index is 1.52. The van der Waals surface area contributed by atoms with Gasteiger partial charge in [-0.25, -0.2) is 9.98 Å². The maximum atomic E-state index is 10.2. The second-order valence-corrected chi connectivity index (χ2v) is 6.36. The number of aliphatic imine (C=N–C) groups is 1. The van der Waals surface area contributed by atoms with Crippen molar-refractivity contribution < 1.29 is 5.11 Å². The van der Waals surface area contributed by atoms with Crippen molar-refractivity contribution >= 4 is 29.6 Å². The van der Waals surface area contributed by atoms with E-state index in [0.717, 1.165) is 49.8 Å². The van der Waals surface area contributed by atoms with Gasteiger partial charge in [0.1, 0.15) is 5.69 Å². The number of aromatic hydroxyl groups is 1. The molecule has 2 aromatic rings. The monoisotopic (exact) mass is 338 g/mol. The highest BCUT2D eigenvalue weighted by Gasteiger charge is 2.21. The summed E-state index contributed by atoms with van der Waals surface area (Å²) in [5, 5.41) is 10.2. The van der Waals surface area contributed by atoms with Gasteiger partial charge in [0.25, 0.3) is 0 Å². The first-order valence-corrected chi connectivity index (χ1v) is 8.72. The first-order chi connectivity index (χ1) is 12.2. The Morgan fingerprint density at radius 1 is 1.28 bits per heavy atom. The Hall–Kier alpha value is -2.67. The van der Waals surface area contributed by atoms with Crippen LogP contribution in [0.1, 0.15) is 24.6 Å². The zero-order valence-electron chi connectivity index (χ0n) is 14.3. The molecule has 0 aliphatic carbocycles. The molecule has 7 nitrogen and oxygen atoms in total. The second-order valence-electron chi connectivity index (χ2n) is 6.36. The van der Waals surface area contributed by atoms with Gasteiger partial charge in [0.2, 0.25) is 11.8 Å². The molecule has 0 saturated carbocycles. The second kappa shape index (κ2) is 6.68. The summed E-state index contributed by atoms with van der Waals surface area (Å²) in [6.07, 6.45) is 6.54. The Morgan fingerprint density at radius 2 is 2.12 bits per heavy atom. The first-order valence-electron chi connectivity index (χ1n) is 8.72. The Morgan fingerprint density at radius 3 is 2.92 bits per heavy atom. The van der Waals surface area contributed by atoms with Gasteiger partial charge in [-0.05, 0) is 31.2 Å². The van der Waals surface area contributed by atoms with E-state index in [9.17, 15) is 5.11 Å². The van der Waals surface area contributed by atoms with Crippen LogP contribution in [-0.4, -0.2) is 63.9 Å². The highest BCUT2D eigenvalue weighted by atomic mass is 16.3. The van der Waals surface area contributed by atoms with Crippen LogP contribution in [0.15, 0.2) is 23.3 Å². The SMILES string of the molecule is CCCN1CCN(c2nc(O)c(/C=C3\C=Nc4ncccc43)[nH]2)CC1. The lowest BCUT2D eigenvalue weighted by atomic mass is 10.1. The zero-order valence-corrected chi connectivity index (χ0v) is 14.3. The highest BCUT2D eigenvalue weighted by molar-refractivity contribution is 6.20. The summed E-state index contributed by atoms with van der Waals surface area (Å²) < 4.78 is 0. The summed E-state index contributed by atoms with van der Waals surface area (Å²) in [4.78, 5) is 20.7. The maximum absolute atomic E-state index is 10.2. The number of aromatic nitrogens is 3. The third kappa shape index (κ3) is 3.15. The molecule has 4 heterocycles. The number of hydrogen-bond acceptors (Lipinski definition) is 6. The van der Waals surface area contributed by atoms with Crippen molar-refractivity contribution in [1.29, 1.82) is 0 Å². The van der Waals surface area contributed by atoms with E-state index in [1.807, 2.05) is 18.2 Å². The van der Waals surface area contributed by atoms with E-state index in [1.165, 1.54) is 6.42 Å². The minimum atomic E-state index is 0.0178. The molecule has 2 N–H and O–H groups in total. The molecule has 1 fully saturated rings. The average Bonchev–Trinajstić information content (AvgIpc) is 3.21. The predicted molar refractivity (Wildman–Crippen MR) is 99.5 cm³/mol. The van der Waals surface area contributed by atoms with Gasteiger partial charge in [0.15, 0.2) is 5.82 Å². The van der Waals surface area contributed by atoms with Gasteiger partial charge >= 0.3 is 0 Å². The van der Waals surface area contributed by atoms with Crippen LogP contribution in [-0.2, 0) is 0 Å². The summed E-state index contributed by atoms with van der Waals surface area (Å²) in [5.74, 6) is 1.45. The molecule has 0 amide bonds. The molecule has 130 valence electrons. The van der Waals surface area contributed by atoms with E-state index in [2.05, 4.69) is 36.7 Å². The lowest BCUT2D eigenvalue weighted by Crippen LogP contribution is -2.46. The number of aromatic amines is 1. The van der Waals surface area contributed by atoms with Crippen LogP contribution in [0.25, 0.3) is 11.6 Å². The number of rotatable bonds is 4. The summed E-state index contributed by atoms with van der Waals surface area (Å²) in [7, 11) is 0. The van der Waals surface area contributed by atoms with Crippen molar-refractivity contribution in [3.63, 3.8) is 0 Å². The van der Waals surface area contributed by atoms with Crippen LogP contribution in [0.5, 0.6) is 5.88 Å². The molecule has 7 heteroatoms. The number of imidazole rings is 1. The summed E-state index contributed by atoms with van der Waals surface area (Å²) in [5.41, 5.74) is 2.48. The van der Waals surface area contributed by atoms with Crippen LogP contribution in [0.4, 0.5) is 11.8 Å². The van der Waals surface area contributed by atoms with E-state index < -0.39 is 0 Å². The first kappa shape index (κ1) is 15.8. The molecule has 2 aromatic heterocycles. The fraction of sp³-hybridized carbons (Fsp3) is 0.389. The molecule has 25 heavy (non-hydrogen) atoms. The van der Waals surface area contributed by atoms with Crippen molar-refractivity contribution in [2.75, 3.05) is 37.6 Å². The topological polar surface area (TPSA) is 80.6 Å². The number of allylic oxidation sites excluding steroid dienone is 1. The number of hydrogen-bond donors (Lipinski definition) is 2. The maximum Gasteiger partial charge on any atom is 0.238 e. The van der Waals surface area contributed by atoms with Gasteiger partial charge in [0, 0.05) is 49.7 Å². The standard InChI is InChI=1S/C18H22N6O/c1-2-6-23-7-9-24(10-8-23)18-21-15(17(25)22-18)11-13-12-20-16-14(13)4-3-5-19-16/h3-5,11-12,25H,2,6-10H2,1H3,(H,21,22)/b13-11+. The van der Waals surface area contributed by atoms with E-state index in [4.69, 9.17) is 0 Å². The van der Waals surface area contributed by atoms with Crippen LogP contribution >= 0.6 is 0 Å². The van der Waals surface area contributed by atoms with Crippen molar-refractivity contribution in [1.82, 2.24) is 19.9 Å². The third-order valence-electron chi connectivity index (χ3n) is 4.63. The molecular weight excluding hydrogens is 316 g/mol. The lowest BCUT2D eigenvalue weighted by Gasteiger charge is -2.34. The molecule has 0 radical (unpaired) electrons. The molecular formula is C18H22N6O. The number of anilines is 1. The fourth-order valence-electron chi connectivity index (χ4n) is 3.31. The van der Waals surface area contributed by atoms with E-state index in [1.54, 1.807) is 12.4 Å². The van der Waals surface area contributed by atoms with Crippen LogP contribution in [0, 0.1) is 0 Å². The largest absolute Gasteiger partial charge is 0.492 e. The highest BCUT2D eigenvalue weighted by Crippen LogP contribution is 2.32. The average molecular weight is 338 g/mol. The van der Waals surface area contributed by atoms with Crippen molar-refractivity contribution in [3.8, 4) is 5.88 Å². The van der Waals surface area contributed by atoms with Gasteiger partial charge in [0.05, 0.1) is 0 Å². The van der Waals surface area contributed by atoms with Gasteiger partial charge in [-0.3, -0.25) is 4.90 Å². The predicted octanol–water partition coefficient (Wildman–Crippen LogP) is 2.30. The minimum Gasteiger partial charge on any atom is -0.492 e. The van der Waals surface area contributed by atoms with Crippen LogP contribution in [0.2, 0.25) is 0 Å². The van der Waals surface area contributed by atoms with Gasteiger partial charge in [-0.15, -0.1) is 0 Å². The Labute approximate surface area is 146 Å². The molecule has 0 bridgehead atoms. The number of pyridine rings is 1. The number of H-pyrrole nitrogens is 1. The zero-order chi connectivity index (χ0) is 17.2. The molecule has 1 saturated heterocycles. The van der Waals surface area contributed by atoms with Crippen molar-refractivity contribution in [3.05, 3.63) is 29.6 Å². The van der Waals surface area contributed by atoms with Gasteiger partial charge < -0.3 is 15.0 Å². The Kier molecular flexibility index (Phi) is 4.23. The van der Waals surface area contributed by atoms with Crippen LogP contribution in [0.3, 0.4) is 0 Å². The quantitative estimate of drug-likeness (QED) is 0.894. The normalized spacial score (nSPS) is 18.9. The van der Waals surface area contributed by atoms with E-state index in [0.29, 0.717) is 11.5 Å². The van der Waals surface area contributed by atoms with Crippen LogP contribution < -0.4 is 4.90 Å². The fourth-order valence-corrected chi connectivity index (χ4v) is 3.31. The molecule has 0 atom stereocenters. The van der Waals surface area contributed by atoms with Gasteiger partial charge in [-0.2, -0.15) is 4.98 Å². The molecule has 2 aliphatic rings. The summed E-state index contributed by atoms with van der Waals surface area (Å²) >= 11 is 0. The third-order valence-corrected chi connectivity index (χ3v) is 4.63. The molecule has 0 unspecified atom stereocenters. The van der Waals surface area contributed by atoms with Crippen molar-refractivity contribution in [2.24, 2.45) is 4.99 Å². The Bertz CT molecular complexity index is 817. The number of nitrogens with zero attached hydrogens (tertiary/aromatic N) is 5. The molecule has 0 aromatic carbocycles. The minimum absolute atomic E-state index is 0.0178. The van der Waals surface area contributed by atoms with E-state index in [-0.39, 0.29) is 5.88 Å². The molecule has 2 aliphatic heterocycles. The summed E-state index contributed by atoms with van der Waals surface area (Å²) in [6.45, 7) is 7.22. The summed E-state index contributed by atoms with van der Waals surface area (Å²) in [6, 6.07) is 3.86. The van der Waals surface area contributed by atoms with Gasteiger partial charge in [-0.1, -0.05) is 6.92 Å². The molecule has 0 spiro atoms. The number of fused-ring (bicyclic) bond motifs is 1. The number of piperazine rings is 1. The van der Waals surface area contributed by atoms with Crippen molar-refractivity contribution in [2.45, 2.75) is 13.3 Å². The smallest absolute Gasteiger partial charge is 0.238 e. The van der Waals surface area contributed by atoms with E-state index >= 15 is 0 Å². The lowest BCUT2D eigenvalue weighted by molar-refractivity contribution is 0.257.